The highest BCUT2D eigenvalue weighted by molar-refractivity contribution is 5.75. The summed E-state index contributed by atoms with van der Waals surface area (Å²) in [6, 6.07) is 8.86. The minimum absolute atomic E-state index is 0.0501. The van der Waals surface area contributed by atoms with Crippen LogP contribution in [-0.4, -0.2) is 33.0 Å². The molecule has 0 saturated carbocycles. The van der Waals surface area contributed by atoms with E-state index >= 15 is 0 Å². The second-order valence-electron chi connectivity index (χ2n) is 6.42. The fourth-order valence-corrected chi connectivity index (χ4v) is 3.19. The van der Waals surface area contributed by atoms with Gasteiger partial charge in [0.1, 0.15) is 0 Å². The SMILES string of the molecule is O=[N+]([O-])c1cccnc1N1CCC(=CC#Cc2ccc3nccnc3c2)CC1. The Morgan fingerprint density at radius 2 is 1.82 bits per heavy atom. The number of nitro groups is 1. The summed E-state index contributed by atoms with van der Waals surface area (Å²) in [7, 11) is 0. The lowest BCUT2D eigenvalue weighted by molar-refractivity contribution is -0.384. The Labute approximate surface area is 161 Å². The Bertz CT molecular complexity index is 1120. The molecule has 7 heteroatoms. The topological polar surface area (TPSA) is 85.0 Å². The number of hydrogen-bond acceptors (Lipinski definition) is 6. The van der Waals surface area contributed by atoms with Crippen LogP contribution in [0.5, 0.6) is 0 Å². The second-order valence-corrected chi connectivity index (χ2v) is 6.42. The molecule has 2 aromatic heterocycles. The second kappa shape index (κ2) is 7.84. The van der Waals surface area contributed by atoms with Crippen LogP contribution in [0.3, 0.4) is 0 Å². The highest BCUT2D eigenvalue weighted by Crippen LogP contribution is 2.28. The summed E-state index contributed by atoms with van der Waals surface area (Å²) >= 11 is 0. The van der Waals surface area contributed by atoms with Gasteiger partial charge in [-0.15, -0.1) is 0 Å². The van der Waals surface area contributed by atoms with Crippen LogP contribution in [0.1, 0.15) is 18.4 Å². The smallest absolute Gasteiger partial charge is 0.311 e. The highest BCUT2D eigenvalue weighted by Gasteiger charge is 2.23. The van der Waals surface area contributed by atoms with Crippen molar-refractivity contribution in [1.82, 2.24) is 15.0 Å². The molecule has 0 atom stereocenters. The van der Waals surface area contributed by atoms with Crippen LogP contribution >= 0.6 is 0 Å². The van der Waals surface area contributed by atoms with Gasteiger partial charge in [0.05, 0.1) is 16.0 Å². The molecular weight excluding hydrogens is 354 g/mol. The van der Waals surface area contributed by atoms with E-state index in [2.05, 4.69) is 26.8 Å². The molecule has 0 unspecified atom stereocenters. The van der Waals surface area contributed by atoms with Crippen molar-refractivity contribution in [3.63, 3.8) is 0 Å². The number of benzene rings is 1. The van der Waals surface area contributed by atoms with E-state index in [4.69, 9.17) is 0 Å². The summed E-state index contributed by atoms with van der Waals surface area (Å²) in [5, 5.41) is 11.2. The molecule has 1 aromatic carbocycles. The first-order valence-corrected chi connectivity index (χ1v) is 8.95. The van der Waals surface area contributed by atoms with E-state index in [-0.39, 0.29) is 10.6 Å². The average Bonchev–Trinajstić information content (AvgIpc) is 2.74. The first kappa shape index (κ1) is 17.6. The molecule has 0 N–H and O–H groups in total. The third-order valence-corrected chi connectivity index (χ3v) is 4.63. The zero-order valence-electron chi connectivity index (χ0n) is 15.1. The monoisotopic (exact) mass is 371 g/mol. The van der Waals surface area contributed by atoms with Gasteiger partial charge in [0, 0.05) is 43.3 Å². The van der Waals surface area contributed by atoms with Gasteiger partial charge in [-0.1, -0.05) is 17.4 Å². The van der Waals surface area contributed by atoms with Gasteiger partial charge in [-0.3, -0.25) is 20.1 Å². The molecule has 0 bridgehead atoms. The molecule has 0 radical (unpaired) electrons. The number of aromatic nitrogens is 3. The molecule has 0 amide bonds. The summed E-state index contributed by atoms with van der Waals surface area (Å²) in [6.45, 7) is 1.38. The zero-order chi connectivity index (χ0) is 19.3. The molecule has 1 aliphatic rings. The minimum atomic E-state index is -0.382. The molecule has 4 rings (SSSR count). The first-order valence-electron chi connectivity index (χ1n) is 8.95. The van der Waals surface area contributed by atoms with Crippen LogP contribution in [0.2, 0.25) is 0 Å². The molecular formula is C21H17N5O2. The van der Waals surface area contributed by atoms with Crippen molar-refractivity contribution in [2.45, 2.75) is 12.8 Å². The summed E-state index contributed by atoms with van der Waals surface area (Å²) in [4.78, 5) is 25.5. The van der Waals surface area contributed by atoms with Crippen LogP contribution in [0.15, 0.2) is 60.6 Å². The molecule has 28 heavy (non-hydrogen) atoms. The van der Waals surface area contributed by atoms with Gasteiger partial charge in [-0.05, 0) is 43.2 Å². The number of fused-ring (bicyclic) bond motifs is 1. The van der Waals surface area contributed by atoms with Gasteiger partial charge in [0.15, 0.2) is 0 Å². The van der Waals surface area contributed by atoms with Crippen LogP contribution in [-0.2, 0) is 0 Å². The molecule has 3 aromatic rings. The lowest BCUT2D eigenvalue weighted by Gasteiger charge is -2.28. The van der Waals surface area contributed by atoms with Crippen molar-refractivity contribution in [1.29, 1.82) is 0 Å². The Morgan fingerprint density at radius 1 is 1.04 bits per heavy atom. The number of rotatable bonds is 2. The van der Waals surface area contributed by atoms with Crippen LogP contribution < -0.4 is 4.90 Å². The third kappa shape index (κ3) is 3.81. The number of pyridine rings is 1. The zero-order valence-corrected chi connectivity index (χ0v) is 15.1. The number of piperidine rings is 1. The maximum Gasteiger partial charge on any atom is 0.311 e. The van der Waals surface area contributed by atoms with E-state index in [0.717, 1.165) is 29.4 Å². The predicted octanol–water partition coefficient (Wildman–Crippen LogP) is 3.51. The van der Waals surface area contributed by atoms with Gasteiger partial charge >= 0.3 is 5.69 Å². The predicted molar refractivity (Wildman–Crippen MR) is 107 cm³/mol. The number of allylic oxidation sites excluding steroid dienone is 1. The van der Waals surface area contributed by atoms with Crippen molar-refractivity contribution in [2.75, 3.05) is 18.0 Å². The van der Waals surface area contributed by atoms with Crippen LogP contribution in [0.25, 0.3) is 11.0 Å². The average molecular weight is 371 g/mol. The summed E-state index contributed by atoms with van der Waals surface area (Å²) in [5.41, 5.74) is 3.86. The Balaban J connectivity index is 1.44. The molecule has 7 nitrogen and oxygen atoms in total. The van der Waals surface area contributed by atoms with Gasteiger partial charge in [-0.25, -0.2) is 4.98 Å². The summed E-state index contributed by atoms with van der Waals surface area (Å²) in [5.74, 6) is 6.70. The van der Waals surface area contributed by atoms with E-state index in [9.17, 15) is 10.1 Å². The van der Waals surface area contributed by atoms with Gasteiger partial charge in [0.25, 0.3) is 0 Å². The fraction of sp³-hybridized carbons (Fsp3) is 0.190. The number of nitrogens with zero attached hydrogens (tertiary/aromatic N) is 5. The van der Waals surface area contributed by atoms with Crippen molar-refractivity contribution >= 4 is 22.5 Å². The minimum Gasteiger partial charge on any atom is -0.350 e. The van der Waals surface area contributed by atoms with Crippen LogP contribution in [0, 0.1) is 22.0 Å². The quantitative estimate of drug-likeness (QED) is 0.389. The van der Waals surface area contributed by atoms with Crippen molar-refractivity contribution < 1.29 is 4.92 Å². The Kier molecular flexibility index (Phi) is 4.93. The van der Waals surface area contributed by atoms with E-state index < -0.39 is 0 Å². The standard InChI is InChI=1S/C21H17N5O2/c27-26(28)20-5-2-10-24-21(20)25-13-8-16(9-14-25)3-1-4-17-6-7-18-19(15-17)23-12-11-22-18/h2-3,5-7,10-12,15H,8-9,13-14H2. The molecule has 138 valence electrons. The summed E-state index contributed by atoms with van der Waals surface area (Å²) < 4.78 is 0. The fourth-order valence-electron chi connectivity index (χ4n) is 3.19. The van der Waals surface area contributed by atoms with Gasteiger partial charge in [-0.2, -0.15) is 0 Å². The van der Waals surface area contributed by atoms with Crippen molar-refractivity contribution in [3.05, 3.63) is 76.2 Å². The lowest BCUT2D eigenvalue weighted by atomic mass is 10.0. The van der Waals surface area contributed by atoms with E-state index in [1.54, 1.807) is 24.7 Å². The first-order chi connectivity index (χ1) is 13.7. The van der Waals surface area contributed by atoms with Gasteiger partial charge < -0.3 is 4.90 Å². The molecule has 1 saturated heterocycles. The largest absolute Gasteiger partial charge is 0.350 e. The molecule has 1 fully saturated rings. The lowest BCUT2D eigenvalue weighted by Crippen LogP contribution is -2.31. The molecule has 0 spiro atoms. The Morgan fingerprint density at radius 3 is 2.61 bits per heavy atom. The van der Waals surface area contributed by atoms with Crippen molar-refractivity contribution in [3.8, 4) is 11.8 Å². The normalized spacial score (nSPS) is 13.7. The number of hydrogen-bond donors (Lipinski definition) is 0. The maximum atomic E-state index is 11.2. The maximum absolute atomic E-state index is 11.2. The van der Waals surface area contributed by atoms with Gasteiger partial charge in [0.2, 0.25) is 5.82 Å². The molecule has 3 heterocycles. The third-order valence-electron chi connectivity index (χ3n) is 4.63. The summed E-state index contributed by atoms with van der Waals surface area (Å²) in [6.07, 6.45) is 8.50. The molecule has 0 aliphatic carbocycles. The van der Waals surface area contributed by atoms with E-state index in [0.29, 0.717) is 18.9 Å². The highest BCUT2D eigenvalue weighted by atomic mass is 16.6. The number of anilines is 1. The molecule has 1 aliphatic heterocycles. The van der Waals surface area contributed by atoms with E-state index in [1.165, 1.54) is 11.6 Å². The van der Waals surface area contributed by atoms with E-state index in [1.807, 2.05) is 29.2 Å². The van der Waals surface area contributed by atoms with Crippen LogP contribution in [0.4, 0.5) is 11.5 Å². The Hall–Kier alpha value is -3.79. The van der Waals surface area contributed by atoms with Crippen molar-refractivity contribution in [2.24, 2.45) is 0 Å².